The summed E-state index contributed by atoms with van der Waals surface area (Å²) in [6.45, 7) is 9.88. The van der Waals surface area contributed by atoms with Gasteiger partial charge in [0.2, 0.25) is 0 Å². The lowest BCUT2D eigenvalue weighted by atomic mass is 10.4. The highest BCUT2D eigenvalue weighted by atomic mass is 32.1. The summed E-state index contributed by atoms with van der Waals surface area (Å²) in [5.41, 5.74) is 5.85. The van der Waals surface area contributed by atoms with Gasteiger partial charge >= 0.3 is 0 Å². The fraction of sp³-hybridized carbons (Fsp3) is 0.714. The number of hydrogen-bond donors (Lipinski definition) is 2. The van der Waals surface area contributed by atoms with Crippen LogP contribution in [0.1, 0.15) is 43.3 Å². The predicted molar refractivity (Wildman–Crippen MR) is 88.1 cm³/mol. The van der Waals surface area contributed by atoms with Crippen LogP contribution < -0.4 is 16.0 Å². The number of rotatable bonds is 10. The Bertz CT molecular complexity index is 433. The van der Waals surface area contributed by atoms with Gasteiger partial charge in [-0.3, -0.25) is 4.79 Å². The lowest BCUT2D eigenvalue weighted by Crippen LogP contribution is -2.25. The van der Waals surface area contributed by atoms with Gasteiger partial charge in [-0.2, -0.15) is 0 Å². The quantitative estimate of drug-likeness (QED) is 0.647. The highest BCUT2D eigenvalue weighted by molar-refractivity contribution is 7.18. The molecule has 0 unspecified atom stereocenters. The van der Waals surface area contributed by atoms with Crippen molar-refractivity contribution in [3.05, 3.63) is 4.88 Å². The highest BCUT2D eigenvalue weighted by Gasteiger charge is 2.18. The molecular weight excluding hydrogens is 288 g/mol. The summed E-state index contributed by atoms with van der Waals surface area (Å²) in [5.74, 6) is 0.153. The van der Waals surface area contributed by atoms with E-state index in [2.05, 4.69) is 36.0 Å². The van der Waals surface area contributed by atoms with E-state index in [-0.39, 0.29) is 5.91 Å². The van der Waals surface area contributed by atoms with Crippen LogP contribution in [0.4, 0.5) is 10.9 Å². The predicted octanol–water partition coefficient (Wildman–Crippen LogP) is 2.12. The molecule has 0 aliphatic rings. The van der Waals surface area contributed by atoms with Crippen molar-refractivity contribution in [1.29, 1.82) is 0 Å². The van der Waals surface area contributed by atoms with Crippen molar-refractivity contribution in [2.45, 2.75) is 33.6 Å². The molecule has 0 aliphatic carbocycles. The van der Waals surface area contributed by atoms with Crippen molar-refractivity contribution in [3.63, 3.8) is 0 Å². The minimum Gasteiger partial charge on any atom is -0.382 e. The van der Waals surface area contributed by atoms with Gasteiger partial charge in [0.05, 0.1) is 0 Å². The van der Waals surface area contributed by atoms with E-state index >= 15 is 0 Å². The number of amides is 1. The van der Waals surface area contributed by atoms with Gasteiger partial charge in [-0.25, -0.2) is 4.98 Å². The SMILES string of the molecule is CCCOCCCNC(=O)c1sc(N(CC)CC)nc1N. The fourth-order valence-electron chi connectivity index (χ4n) is 1.82. The van der Waals surface area contributed by atoms with Crippen molar-refractivity contribution < 1.29 is 9.53 Å². The number of carbonyl (C=O) groups is 1. The van der Waals surface area contributed by atoms with Crippen LogP contribution in [-0.2, 0) is 4.74 Å². The van der Waals surface area contributed by atoms with E-state index in [1.54, 1.807) is 0 Å². The zero-order valence-corrected chi connectivity index (χ0v) is 14.0. The van der Waals surface area contributed by atoms with Crippen LogP contribution in [0.3, 0.4) is 0 Å². The summed E-state index contributed by atoms with van der Waals surface area (Å²) in [7, 11) is 0. The van der Waals surface area contributed by atoms with Gasteiger partial charge in [0.15, 0.2) is 5.13 Å². The molecule has 120 valence electrons. The van der Waals surface area contributed by atoms with Crippen molar-refractivity contribution in [1.82, 2.24) is 10.3 Å². The fourth-order valence-corrected chi connectivity index (χ4v) is 2.84. The highest BCUT2D eigenvalue weighted by Crippen LogP contribution is 2.27. The lowest BCUT2D eigenvalue weighted by Gasteiger charge is -2.16. The second-order valence-electron chi connectivity index (χ2n) is 4.60. The first-order valence-corrected chi connectivity index (χ1v) is 8.32. The number of nitrogen functional groups attached to an aromatic ring is 1. The van der Waals surface area contributed by atoms with E-state index in [1.807, 2.05) is 0 Å². The van der Waals surface area contributed by atoms with E-state index in [4.69, 9.17) is 10.5 Å². The molecule has 1 rings (SSSR count). The van der Waals surface area contributed by atoms with E-state index in [9.17, 15) is 4.79 Å². The van der Waals surface area contributed by atoms with Crippen molar-refractivity contribution in [2.24, 2.45) is 0 Å². The number of hydrogen-bond acceptors (Lipinski definition) is 6. The zero-order chi connectivity index (χ0) is 15.7. The minimum atomic E-state index is -0.154. The summed E-state index contributed by atoms with van der Waals surface area (Å²) in [4.78, 5) is 18.9. The summed E-state index contributed by atoms with van der Waals surface area (Å²) < 4.78 is 5.37. The average Bonchev–Trinajstić information content (AvgIpc) is 2.86. The average molecular weight is 314 g/mol. The van der Waals surface area contributed by atoms with Crippen LogP contribution in [0.5, 0.6) is 0 Å². The Kier molecular flexibility index (Phi) is 8.07. The molecule has 0 bridgehead atoms. The molecule has 21 heavy (non-hydrogen) atoms. The molecular formula is C14H26N4O2S. The maximum absolute atomic E-state index is 12.1. The molecule has 1 aromatic heterocycles. The van der Waals surface area contributed by atoms with Gasteiger partial charge in [0.1, 0.15) is 10.7 Å². The van der Waals surface area contributed by atoms with Crippen LogP contribution in [0.2, 0.25) is 0 Å². The Morgan fingerprint density at radius 2 is 2.05 bits per heavy atom. The number of aromatic nitrogens is 1. The number of anilines is 2. The molecule has 1 aromatic rings. The molecule has 7 heteroatoms. The summed E-state index contributed by atoms with van der Waals surface area (Å²) in [6.07, 6.45) is 1.81. The van der Waals surface area contributed by atoms with E-state index < -0.39 is 0 Å². The van der Waals surface area contributed by atoms with E-state index in [1.165, 1.54) is 11.3 Å². The van der Waals surface area contributed by atoms with Gasteiger partial charge in [0.25, 0.3) is 5.91 Å². The van der Waals surface area contributed by atoms with Crippen molar-refractivity contribution in [3.8, 4) is 0 Å². The third kappa shape index (κ3) is 5.51. The molecule has 0 saturated heterocycles. The molecule has 1 heterocycles. The normalized spacial score (nSPS) is 10.6. The second-order valence-corrected chi connectivity index (χ2v) is 5.58. The smallest absolute Gasteiger partial charge is 0.265 e. The van der Waals surface area contributed by atoms with Crippen LogP contribution in [-0.4, -0.2) is 43.7 Å². The third-order valence-corrected chi connectivity index (χ3v) is 4.11. The van der Waals surface area contributed by atoms with Crippen LogP contribution in [0, 0.1) is 0 Å². The number of nitrogens with two attached hydrogens (primary N) is 1. The molecule has 1 amide bonds. The molecule has 0 radical (unpaired) electrons. The topological polar surface area (TPSA) is 80.5 Å². The molecule has 0 atom stereocenters. The lowest BCUT2D eigenvalue weighted by molar-refractivity contribution is 0.0946. The molecule has 0 saturated carbocycles. The van der Waals surface area contributed by atoms with Gasteiger partial charge < -0.3 is 20.7 Å². The first-order valence-electron chi connectivity index (χ1n) is 7.51. The van der Waals surface area contributed by atoms with Crippen molar-refractivity contribution in [2.75, 3.05) is 43.5 Å². The molecule has 0 spiro atoms. The van der Waals surface area contributed by atoms with Crippen LogP contribution in [0.25, 0.3) is 0 Å². The second kappa shape index (κ2) is 9.57. The molecule has 3 N–H and O–H groups in total. The summed E-state index contributed by atoms with van der Waals surface area (Å²) in [6, 6.07) is 0. The Hall–Kier alpha value is -1.34. The molecule has 0 fully saturated rings. The van der Waals surface area contributed by atoms with E-state index in [0.717, 1.165) is 37.7 Å². The Labute approximate surface area is 130 Å². The van der Waals surface area contributed by atoms with Crippen molar-refractivity contribution >= 4 is 28.2 Å². The third-order valence-electron chi connectivity index (χ3n) is 2.98. The maximum Gasteiger partial charge on any atom is 0.265 e. The molecule has 0 aromatic carbocycles. The number of carbonyl (C=O) groups excluding carboxylic acids is 1. The maximum atomic E-state index is 12.1. The monoisotopic (exact) mass is 314 g/mol. The number of nitrogens with one attached hydrogen (secondary N) is 1. The van der Waals surface area contributed by atoms with E-state index in [0.29, 0.717) is 23.8 Å². The molecule has 0 aliphatic heterocycles. The first kappa shape index (κ1) is 17.7. The number of ether oxygens (including phenoxy) is 1. The zero-order valence-electron chi connectivity index (χ0n) is 13.1. The standard InChI is InChI=1S/C14H26N4O2S/c1-4-9-20-10-7-8-16-13(19)11-12(15)17-14(21-11)18(5-2)6-3/h4-10,15H2,1-3H3,(H,16,19). The minimum absolute atomic E-state index is 0.154. The van der Waals surface area contributed by atoms with Gasteiger partial charge in [0, 0.05) is 32.8 Å². The number of nitrogens with zero attached hydrogens (tertiary/aromatic N) is 2. The van der Waals surface area contributed by atoms with Gasteiger partial charge in [-0.15, -0.1) is 0 Å². The Morgan fingerprint density at radius 3 is 2.67 bits per heavy atom. The first-order chi connectivity index (χ1) is 10.1. The molecule has 6 nitrogen and oxygen atoms in total. The van der Waals surface area contributed by atoms with Crippen LogP contribution >= 0.6 is 11.3 Å². The van der Waals surface area contributed by atoms with Crippen LogP contribution in [0.15, 0.2) is 0 Å². The largest absolute Gasteiger partial charge is 0.382 e. The Balaban J connectivity index is 2.47. The van der Waals surface area contributed by atoms with Gasteiger partial charge in [-0.05, 0) is 26.7 Å². The summed E-state index contributed by atoms with van der Waals surface area (Å²) >= 11 is 1.34. The Morgan fingerprint density at radius 1 is 1.33 bits per heavy atom. The van der Waals surface area contributed by atoms with Gasteiger partial charge in [-0.1, -0.05) is 18.3 Å². The summed E-state index contributed by atoms with van der Waals surface area (Å²) in [5, 5.41) is 3.66. The number of thiazole rings is 1.